The number of benzene rings is 3. The number of carbonyl (C=O) groups is 1. The van der Waals surface area contributed by atoms with Crippen LogP contribution in [0.3, 0.4) is 0 Å². The molecule has 0 saturated heterocycles. The number of amides is 1. The van der Waals surface area contributed by atoms with E-state index >= 15 is 0 Å². The Labute approximate surface area is 228 Å². The molecule has 0 saturated carbocycles. The molecule has 4 aromatic rings. The number of aromatic nitrogens is 2. The lowest BCUT2D eigenvalue weighted by atomic mass is 10.0. The zero-order valence-electron chi connectivity index (χ0n) is 21.9. The van der Waals surface area contributed by atoms with E-state index in [9.17, 15) is 13.2 Å². The van der Waals surface area contributed by atoms with Crippen molar-refractivity contribution in [2.24, 2.45) is 0 Å². The van der Waals surface area contributed by atoms with Gasteiger partial charge in [0.15, 0.2) is 0 Å². The van der Waals surface area contributed by atoms with Gasteiger partial charge in [-0.05, 0) is 67.1 Å². The molecule has 39 heavy (non-hydrogen) atoms. The number of rotatable bonds is 8. The van der Waals surface area contributed by atoms with E-state index in [2.05, 4.69) is 26.7 Å². The van der Waals surface area contributed by atoms with Gasteiger partial charge in [-0.25, -0.2) is 23.1 Å². The maximum atomic E-state index is 13.3. The first-order valence-electron chi connectivity index (χ1n) is 12.8. The van der Waals surface area contributed by atoms with Crippen LogP contribution < -0.4 is 14.4 Å². The van der Waals surface area contributed by atoms with Crippen LogP contribution in [0.25, 0.3) is 0 Å². The lowest BCUT2D eigenvalue weighted by Gasteiger charge is -2.29. The minimum atomic E-state index is -4.06. The zero-order chi connectivity index (χ0) is 27.4. The van der Waals surface area contributed by atoms with Crippen molar-refractivity contribution in [2.45, 2.75) is 37.6 Å². The summed E-state index contributed by atoms with van der Waals surface area (Å²) in [5.41, 5.74) is 5.08. The summed E-state index contributed by atoms with van der Waals surface area (Å²) in [6.07, 6.45) is 3.31. The van der Waals surface area contributed by atoms with Crippen LogP contribution in [0.15, 0.2) is 83.9 Å². The highest BCUT2D eigenvalue weighted by Gasteiger charge is 2.24. The normalized spacial score (nSPS) is 13.0. The summed E-state index contributed by atoms with van der Waals surface area (Å²) in [6, 6.07) is 22.3. The number of methoxy groups -OCH3 is 1. The molecule has 9 heteroatoms. The molecule has 0 fully saturated rings. The van der Waals surface area contributed by atoms with Crippen molar-refractivity contribution < 1.29 is 17.9 Å². The molecule has 1 aromatic heterocycles. The van der Waals surface area contributed by atoms with E-state index in [1.807, 2.05) is 43.3 Å². The lowest BCUT2D eigenvalue weighted by molar-refractivity contribution is 0.0979. The number of aryl methyl sites for hydroxylation is 3. The number of ether oxygens (including phenoxy) is 1. The van der Waals surface area contributed by atoms with Crippen LogP contribution in [-0.4, -0.2) is 37.9 Å². The minimum Gasteiger partial charge on any atom is -0.497 e. The Kier molecular flexibility index (Phi) is 7.60. The van der Waals surface area contributed by atoms with Crippen LogP contribution in [0.1, 0.15) is 38.3 Å². The van der Waals surface area contributed by atoms with Gasteiger partial charge in [-0.2, -0.15) is 0 Å². The Balaban J connectivity index is 1.43. The summed E-state index contributed by atoms with van der Waals surface area (Å²) in [7, 11) is -2.45. The van der Waals surface area contributed by atoms with Crippen LogP contribution >= 0.6 is 0 Å². The van der Waals surface area contributed by atoms with Crippen molar-refractivity contribution in [3.63, 3.8) is 0 Å². The van der Waals surface area contributed by atoms with Crippen LogP contribution in [0.4, 0.5) is 5.95 Å². The van der Waals surface area contributed by atoms with Crippen LogP contribution in [0.5, 0.6) is 5.75 Å². The maximum Gasteiger partial charge on any atom is 0.268 e. The summed E-state index contributed by atoms with van der Waals surface area (Å²) in [6.45, 7) is 3.28. The molecule has 0 unspecified atom stereocenters. The van der Waals surface area contributed by atoms with Gasteiger partial charge in [0.1, 0.15) is 5.75 Å². The Morgan fingerprint density at radius 2 is 1.77 bits per heavy atom. The first kappa shape index (κ1) is 26.4. The summed E-state index contributed by atoms with van der Waals surface area (Å²) < 4.78 is 33.4. The van der Waals surface area contributed by atoms with Gasteiger partial charge in [0.25, 0.3) is 15.9 Å². The molecule has 0 bridgehead atoms. The van der Waals surface area contributed by atoms with E-state index in [1.54, 1.807) is 19.2 Å². The summed E-state index contributed by atoms with van der Waals surface area (Å²) in [5.74, 6) is 0.500. The number of fused-ring (bicyclic) bond motifs is 1. The van der Waals surface area contributed by atoms with E-state index in [0.717, 1.165) is 29.8 Å². The minimum absolute atomic E-state index is 0.0175. The summed E-state index contributed by atoms with van der Waals surface area (Å²) in [4.78, 5) is 24.7. The van der Waals surface area contributed by atoms with Gasteiger partial charge in [-0.1, -0.05) is 54.1 Å². The number of anilines is 1. The average molecular weight is 543 g/mol. The molecule has 200 valence electrons. The van der Waals surface area contributed by atoms with Crippen molar-refractivity contribution in [3.8, 4) is 5.75 Å². The van der Waals surface area contributed by atoms with E-state index in [0.29, 0.717) is 31.0 Å². The molecular weight excluding hydrogens is 512 g/mol. The molecule has 1 N–H and O–H groups in total. The summed E-state index contributed by atoms with van der Waals surface area (Å²) in [5, 5.41) is 0. The third-order valence-electron chi connectivity index (χ3n) is 6.86. The largest absolute Gasteiger partial charge is 0.497 e. The SMILES string of the molecule is COc1cccc(CCc2nc(N3CCc4ccccc4C3)ncc2C(=O)NS(=O)(=O)c2ccc(C)cc2)c1. The Hall–Kier alpha value is -4.24. The quantitative estimate of drug-likeness (QED) is 0.355. The van der Waals surface area contributed by atoms with E-state index in [4.69, 9.17) is 9.72 Å². The van der Waals surface area contributed by atoms with E-state index in [-0.39, 0.29) is 10.5 Å². The third kappa shape index (κ3) is 6.09. The zero-order valence-corrected chi connectivity index (χ0v) is 22.7. The lowest BCUT2D eigenvalue weighted by Crippen LogP contribution is -2.34. The second-order valence-corrected chi connectivity index (χ2v) is 11.3. The highest BCUT2D eigenvalue weighted by molar-refractivity contribution is 7.90. The van der Waals surface area contributed by atoms with Crippen molar-refractivity contribution in [2.75, 3.05) is 18.6 Å². The van der Waals surface area contributed by atoms with Crippen molar-refractivity contribution in [1.29, 1.82) is 0 Å². The number of sulfonamides is 1. The fourth-order valence-corrected chi connectivity index (χ4v) is 5.62. The topological polar surface area (TPSA) is 101 Å². The Morgan fingerprint density at radius 3 is 2.54 bits per heavy atom. The van der Waals surface area contributed by atoms with Gasteiger partial charge in [0.05, 0.1) is 23.3 Å². The number of hydrogen-bond donors (Lipinski definition) is 1. The first-order chi connectivity index (χ1) is 18.8. The predicted molar refractivity (Wildman–Crippen MR) is 149 cm³/mol. The molecule has 5 rings (SSSR count). The van der Waals surface area contributed by atoms with Gasteiger partial charge >= 0.3 is 0 Å². The second kappa shape index (κ2) is 11.2. The smallest absolute Gasteiger partial charge is 0.268 e. The second-order valence-electron chi connectivity index (χ2n) is 9.57. The number of nitrogens with one attached hydrogen (secondary N) is 1. The number of nitrogens with zero attached hydrogens (tertiary/aromatic N) is 3. The van der Waals surface area contributed by atoms with Crippen LogP contribution in [0.2, 0.25) is 0 Å². The fraction of sp³-hybridized carbons (Fsp3) is 0.233. The van der Waals surface area contributed by atoms with Gasteiger partial charge in [0, 0.05) is 19.3 Å². The monoisotopic (exact) mass is 542 g/mol. The van der Waals surface area contributed by atoms with Crippen LogP contribution in [0, 0.1) is 6.92 Å². The number of carbonyl (C=O) groups excluding carboxylic acids is 1. The van der Waals surface area contributed by atoms with Crippen molar-refractivity contribution >= 4 is 21.9 Å². The molecule has 3 aromatic carbocycles. The van der Waals surface area contributed by atoms with Crippen molar-refractivity contribution in [3.05, 3.63) is 113 Å². The van der Waals surface area contributed by atoms with E-state index < -0.39 is 15.9 Å². The molecule has 1 aliphatic heterocycles. The molecule has 0 aliphatic carbocycles. The Bertz CT molecular complexity index is 1600. The average Bonchev–Trinajstić information content (AvgIpc) is 2.95. The molecule has 1 aliphatic rings. The van der Waals surface area contributed by atoms with Crippen molar-refractivity contribution in [1.82, 2.24) is 14.7 Å². The molecular formula is C30H30N4O4S. The molecule has 0 spiro atoms. The third-order valence-corrected chi connectivity index (χ3v) is 8.20. The highest BCUT2D eigenvalue weighted by Crippen LogP contribution is 2.24. The maximum absolute atomic E-state index is 13.3. The van der Waals surface area contributed by atoms with Gasteiger partial charge in [-0.3, -0.25) is 4.79 Å². The standard InChI is InChI=1S/C30H30N4O4S/c1-21-10-13-26(14-11-21)39(36,37)33-29(35)27-19-31-30(34-17-16-23-7-3-4-8-24(23)20-34)32-28(27)15-12-22-6-5-9-25(18-22)38-2/h3-11,13-14,18-19H,12,15-17,20H2,1-2H3,(H,33,35). The number of hydrogen-bond acceptors (Lipinski definition) is 7. The molecule has 8 nitrogen and oxygen atoms in total. The molecule has 0 atom stereocenters. The highest BCUT2D eigenvalue weighted by atomic mass is 32.2. The van der Waals surface area contributed by atoms with Gasteiger partial charge in [0.2, 0.25) is 5.95 Å². The predicted octanol–water partition coefficient (Wildman–Crippen LogP) is 4.26. The fourth-order valence-electron chi connectivity index (χ4n) is 4.65. The van der Waals surface area contributed by atoms with Crippen LogP contribution in [-0.2, 0) is 35.8 Å². The van der Waals surface area contributed by atoms with Gasteiger partial charge < -0.3 is 9.64 Å². The Morgan fingerprint density at radius 1 is 1.00 bits per heavy atom. The first-order valence-corrected chi connectivity index (χ1v) is 14.2. The molecule has 1 amide bonds. The molecule has 2 heterocycles. The van der Waals surface area contributed by atoms with Gasteiger partial charge in [-0.15, -0.1) is 0 Å². The van der Waals surface area contributed by atoms with E-state index in [1.165, 1.54) is 29.5 Å². The summed E-state index contributed by atoms with van der Waals surface area (Å²) >= 11 is 0. The molecule has 0 radical (unpaired) electrons.